The van der Waals surface area contributed by atoms with Crippen LogP contribution >= 0.6 is 0 Å². The van der Waals surface area contributed by atoms with Gasteiger partial charge in [-0.3, -0.25) is 0 Å². The third kappa shape index (κ3) is 5.85. The molecule has 40 heavy (non-hydrogen) atoms. The van der Waals surface area contributed by atoms with Crippen molar-refractivity contribution >= 4 is 46.2 Å². The molecule has 4 aromatic rings. The lowest BCUT2D eigenvalue weighted by Gasteiger charge is -2.32. The number of hydrogen-bond acceptors (Lipinski definition) is 9. The van der Waals surface area contributed by atoms with E-state index in [0.717, 1.165) is 25.7 Å². The molecule has 0 amide bonds. The Kier molecular flexibility index (Phi) is 8.13. The van der Waals surface area contributed by atoms with Crippen LogP contribution in [0.1, 0.15) is 45.4 Å². The highest BCUT2D eigenvalue weighted by atomic mass is 19.1. The number of carboxylic acids is 1. The van der Waals surface area contributed by atoms with Gasteiger partial charge in [-0.05, 0) is 69.7 Å². The molecule has 6 rings (SSSR count). The number of anilines is 2. The van der Waals surface area contributed by atoms with E-state index in [9.17, 15) is 23.5 Å². The summed E-state index contributed by atoms with van der Waals surface area (Å²) in [5, 5.41) is 9.22. The molecule has 2 saturated heterocycles. The van der Waals surface area contributed by atoms with E-state index in [0.29, 0.717) is 60.8 Å². The fraction of sp³-hybridized carbons (Fsp3) is 0.429. The van der Waals surface area contributed by atoms with Crippen molar-refractivity contribution in [2.75, 3.05) is 29.5 Å². The van der Waals surface area contributed by atoms with Gasteiger partial charge in [-0.25, -0.2) is 18.4 Å². The molecule has 0 saturated carbocycles. The van der Waals surface area contributed by atoms with Gasteiger partial charge < -0.3 is 28.5 Å². The smallest absolute Gasteiger partial charge is 0.328 e. The van der Waals surface area contributed by atoms with E-state index in [2.05, 4.69) is 9.97 Å². The number of hydrogen-bond donors (Lipinski definition) is 1. The lowest BCUT2D eigenvalue weighted by molar-refractivity contribution is -0.145. The second-order valence-corrected chi connectivity index (χ2v) is 9.72. The van der Waals surface area contributed by atoms with Gasteiger partial charge in [0.2, 0.25) is 0 Å². The fourth-order valence-corrected chi connectivity index (χ4v) is 5.08. The van der Waals surface area contributed by atoms with Crippen molar-refractivity contribution in [3.05, 3.63) is 48.0 Å². The van der Waals surface area contributed by atoms with Crippen LogP contribution in [0.4, 0.5) is 20.8 Å². The van der Waals surface area contributed by atoms with Crippen LogP contribution < -0.4 is 9.80 Å². The topological polar surface area (TPSA) is 122 Å². The number of carbonyl (C=O) groups excluding carboxylic acids is 1. The minimum atomic E-state index is -0.881. The maximum absolute atomic E-state index is 13.2. The van der Waals surface area contributed by atoms with Crippen LogP contribution in [0, 0.1) is 11.6 Å². The molecule has 212 valence electrons. The minimum absolute atomic E-state index is 0.257. The first kappa shape index (κ1) is 27.4. The van der Waals surface area contributed by atoms with Crippen LogP contribution in [0.25, 0.3) is 22.2 Å². The van der Waals surface area contributed by atoms with Crippen molar-refractivity contribution in [2.24, 2.45) is 0 Å². The van der Waals surface area contributed by atoms with Crippen LogP contribution in [-0.2, 0) is 14.3 Å². The number of aliphatic carboxylic acids is 1. The van der Waals surface area contributed by atoms with E-state index in [1.165, 1.54) is 30.3 Å². The van der Waals surface area contributed by atoms with Crippen LogP contribution in [0.3, 0.4) is 0 Å². The van der Waals surface area contributed by atoms with E-state index in [1.807, 2.05) is 4.90 Å². The standard InChI is InChI=1S/C15H17FN2O3.C13H13FN2O3/c1-2-20-14(19)12-5-3-4-8-18(12)15-17-11-9-10(16)6-7-13(11)21-15;14-8-4-5-11-9(7-8)15-13(19-11)16-6-2-1-3-10(16)12(17)18/h6-7,9,12H,2-5,8H2,1H3;4-5,7,10H,1-3,6H2,(H,17,18)/t12-;10-/m00/s1. The van der Waals surface area contributed by atoms with E-state index in [-0.39, 0.29) is 29.7 Å². The zero-order valence-corrected chi connectivity index (χ0v) is 22.0. The molecule has 2 aliphatic rings. The Morgan fingerprint density at radius 2 is 1.38 bits per heavy atom. The molecule has 0 unspecified atom stereocenters. The van der Waals surface area contributed by atoms with Crippen LogP contribution in [0.5, 0.6) is 0 Å². The molecule has 2 fully saturated rings. The number of fused-ring (bicyclic) bond motifs is 2. The molecule has 0 spiro atoms. The van der Waals surface area contributed by atoms with Crippen molar-refractivity contribution in [1.29, 1.82) is 0 Å². The molecule has 12 heteroatoms. The molecule has 1 N–H and O–H groups in total. The van der Waals surface area contributed by atoms with Crippen molar-refractivity contribution in [1.82, 2.24) is 9.97 Å². The largest absolute Gasteiger partial charge is 0.480 e. The summed E-state index contributed by atoms with van der Waals surface area (Å²) in [6.07, 6.45) is 4.99. The van der Waals surface area contributed by atoms with Gasteiger partial charge in [0.25, 0.3) is 12.0 Å². The number of esters is 1. The molecular formula is C28H30F2N4O6. The van der Waals surface area contributed by atoms with Gasteiger partial charge in [0.15, 0.2) is 11.2 Å². The Morgan fingerprint density at radius 3 is 1.88 bits per heavy atom. The number of carboxylic acid groups (broad SMARTS) is 1. The number of aromatic nitrogens is 2. The highest BCUT2D eigenvalue weighted by molar-refractivity contribution is 5.81. The Balaban J connectivity index is 0.000000162. The molecule has 2 aromatic heterocycles. The molecule has 0 radical (unpaired) electrons. The Hall–Kier alpha value is -4.22. The summed E-state index contributed by atoms with van der Waals surface area (Å²) in [4.78, 5) is 35.2. The summed E-state index contributed by atoms with van der Waals surface area (Å²) in [5.74, 6) is -1.89. The summed E-state index contributed by atoms with van der Waals surface area (Å²) in [7, 11) is 0. The maximum Gasteiger partial charge on any atom is 0.328 e. The Labute approximate surface area is 228 Å². The maximum atomic E-state index is 13.2. The van der Waals surface area contributed by atoms with E-state index in [4.69, 9.17) is 13.6 Å². The first-order chi connectivity index (χ1) is 19.3. The third-order valence-electron chi connectivity index (χ3n) is 7.02. The molecule has 2 aliphatic heterocycles. The van der Waals surface area contributed by atoms with Gasteiger partial charge >= 0.3 is 11.9 Å². The van der Waals surface area contributed by atoms with Gasteiger partial charge in [0, 0.05) is 25.2 Å². The number of benzene rings is 2. The normalized spacial score (nSPS) is 19.4. The number of nitrogens with zero attached hydrogens (tertiary/aromatic N) is 4. The molecule has 10 nitrogen and oxygen atoms in total. The molecule has 0 bridgehead atoms. The molecule has 0 aliphatic carbocycles. The number of piperidine rings is 2. The summed E-state index contributed by atoms with van der Waals surface area (Å²) in [5.41, 5.74) is 1.84. The zero-order valence-electron chi connectivity index (χ0n) is 22.0. The van der Waals surface area contributed by atoms with Crippen LogP contribution in [0.15, 0.2) is 45.2 Å². The van der Waals surface area contributed by atoms with E-state index < -0.39 is 12.0 Å². The third-order valence-corrected chi connectivity index (χ3v) is 7.02. The second-order valence-electron chi connectivity index (χ2n) is 9.72. The predicted octanol–water partition coefficient (Wildman–Crippen LogP) is 5.30. The molecule has 4 heterocycles. The van der Waals surface area contributed by atoms with E-state index in [1.54, 1.807) is 17.9 Å². The summed E-state index contributed by atoms with van der Waals surface area (Å²) in [6, 6.07) is 7.89. The first-order valence-electron chi connectivity index (χ1n) is 13.4. The fourth-order valence-electron chi connectivity index (χ4n) is 5.08. The van der Waals surface area contributed by atoms with Gasteiger partial charge in [-0.15, -0.1) is 0 Å². The summed E-state index contributed by atoms with van der Waals surface area (Å²) < 4.78 is 42.6. The minimum Gasteiger partial charge on any atom is -0.480 e. The molecule has 2 aromatic carbocycles. The van der Waals surface area contributed by atoms with E-state index >= 15 is 0 Å². The van der Waals surface area contributed by atoms with Crippen molar-refractivity contribution in [3.63, 3.8) is 0 Å². The number of carbonyl (C=O) groups is 2. The lowest BCUT2D eigenvalue weighted by Crippen LogP contribution is -2.45. The van der Waals surface area contributed by atoms with Crippen molar-refractivity contribution in [3.8, 4) is 0 Å². The van der Waals surface area contributed by atoms with Gasteiger partial charge in [-0.1, -0.05) is 0 Å². The Bertz CT molecular complexity index is 1500. The van der Waals surface area contributed by atoms with Gasteiger partial charge in [-0.2, -0.15) is 9.97 Å². The zero-order chi connectivity index (χ0) is 28.2. The van der Waals surface area contributed by atoms with Crippen LogP contribution in [-0.4, -0.2) is 58.8 Å². The summed E-state index contributed by atoms with van der Waals surface area (Å²) >= 11 is 0. The molecular weight excluding hydrogens is 526 g/mol. The number of rotatable bonds is 5. The average Bonchev–Trinajstić information content (AvgIpc) is 3.57. The van der Waals surface area contributed by atoms with Gasteiger partial charge in [0.05, 0.1) is 6.61 Å². The highest BCUT2D eigenvalue weighted by Crippen LogP contribution is 2.30. The monoisotopic (exact) mass is 556 g/mol. The second kappa shape index (κ2) is 11.9. The van der Waals surface area contributed by atoms with Crippen molar-refractivity contribution in [2.45, 2.75) is 57.5 Å². The summed E-state index contributed by atoms with van der Waals surface area (Å²) in [6.45, 7) is 3.40. The Morgan fingerprint density at radius 1 is 0.875 bits per heavy atom. The lowest BCUT2D eigenvalue weighted by atomic mass is 10.0. The van der Waals surface area contributed by atoms with Gasteiger partial charge in [0.1, 0.15) is 34.8 Å². The number of halogens is 2. The molecule has 2 atom stereocenters. The number of oxazole rings is 2. The predicted molar refractivity (Wildman–Crippen MR) is 142 cm³/mol. The first-order valence-corrected chi connectivity index (χ1v) is 13.4. The number of ether oxygens (including phenoxy) is 1. The van der Waals surface area contributed by atoms with Crippen molar-refractivity contribution < 1.29 is 37.0 Å². The van der Waals surface area contributed by atoms with Crippen LogP contribution in [0.2, 0.25) is 0 Å². The highest BCUT2D eigenvalue weighted by Gasteiger charge is 2.33. The quantitative estimate of drug-likeness (QED) is 0.324. The SMILES string of the molecule is CCOC(=O)[C@@H]1CCCCN1c1nc2cc(F)ccc2o1.O=C(O)[C@@H]1CCCCN1c1nc2cc(F)ccc2o1. The average molecular weight is 557 g/mol.